The fourth-order valence-corrected chi connectivity index (χ4v) is 1.78. The van der Waals surface area contributed by atoms with Gasteiger partial charge in [0, 0.05) is 19.1 Å². The van der Waals surface area contributed by atoms with E-state index < -0.39 is 0 Å². The second-order valence-corrected chi connectivity index (χ2v) is 5.70. The molecular formula is C12H23NO2. The first kappa shape index (κ1) is 12.5. The van der Waals surface area contributed by atoms with E-state index in [1.807, 2.05) is 20.8 Å². The molecule has 0 aromatic carbocycles. The normalized spacial score (nSPS) is 19.1. The maximum atomic E-state index is 11.5. The predicted molar refractivity (Wildman–Crippen MR) is 60.7 cm³/mol. The first-order valence-electron chi connectivity index (χ1n) is 5.74. The highest BCUT2D eigenvalue weighted by atomic mass is 16.6. The summed E-state index contributed by atoms with van der Waals surface area (Å²) in [5.41, 5.74) is -0.349. The zero-order valence-electron chi connectivity index (χ0n) is 10.5. The fourth-order valence-electron chi connectivity index (χ4n) is 1.78. The van der Waals surface area contributed by atoms with Crippen molar-refractivity contribution in [1.82, 2.24) is 4.90 Å². The lowest BCUT2D eigenvalue weighted by Crippen LogP contribution is -2.51. The van der Waals surface area contributed by atoms with Gasteiger partial charge in [-0.2, -0.15) is 0 Å². The van der Waals surface area contributed by atoms with Crippen molar-refractivity contribution in [1.29, 1.82) is 0 Å². The molecule has 1 aliphatic heterocycles. The maximum Gasteiger partial charge on any atom is 0.306 e. The van der Waals surface area contributed by atoms with E-state index in [1.165, 1.54) is 0 Å². The van der Waals surface area contributed by atoms with Gasteiger partial charge in [-0.05, 0) is 40.5 Å². The highest BCUT2D eigenvalue weighted by molar-refractivity contribution is 5.70. The Bertz CT molecular complexity index is 224. The molecule has 0 atom stereocenters. The van der Waals surface area contributed by atoms with Crippen molar-refractivity contribution in [2.75, 3.05) is 13.1 Å². The largest absolute Gasteiger partial charge is 0.460 e. The molecule has 3 heteroatoms. The van der Waals surface area contributed by atoms with Crippen LogP contribution in [-0.2, 0) is 9.53 Å². The molecule has 1 heterocycles. The first-order chi connectivity index (χ1) is 6.78. The van der Waals surface area contributed by atoms with E-state index >= 15 is 0 Å². The van der Waals surface area contributed by atoms with E-state index in [0.717, 1.165) is 13.1 Å². The van der Waals surface area contributed by atoms with Crippen molar-refractivity contribution < 1.29 is 9.53 Å². The molecule has 0 N–H and O–H groups in total. The lowest BCUT2D eigenvalue weighted by Gasteiger charge is -2.41. The molecule has 15 heavy (non-hydrogen) atoms. The molecular weight excluding hydrogens is 190 g/mol. The third-order valence-corrected chi connectivity index (χ3v) is 2.59. The Morgan fingerprint density at radius 1 is 1.40 bits per heavy atom. The van der Waals surface area contributed by atoms with E-state index in [2.05, 4.69) is 18.7 Å². The third-order valence-electron chi connectivity index (χ3n) is 2.59. The Morgan fingerprint density at radius 2 is 1.93 bits per heavy atom. The Hall–Kier alpha value is -0.570. The minimum absolute atomic E-state index is 0.0593. The molecule has 1 fully saturated rings. The molecule has 0 aromatic heterocycles. The number of rotatable bonds is 3. The van der Waals surface area contributed by atoms with Crippen LogP contribution in [0, 0.1) is 5.92 Å². The summed E-state index contributed by atoms with van der Waals surface area (Å²) in [6.07, 6.45) is 0.570. The fraction of sp³-hybridized carbons (Fsp3) is 0.917. The van der Waals surface area contributed by atoms with Crippen LogP contribution in [0.2, 0.25) is 0 Å². The van der Waals surface area contributed by atoms with Crippen LogP contribution in [0.3, 0.4) is 0 Å². The lowest BCUT2D eigenvalue weighted by molar-refractivity contribution is -0.157. The maximum absolute atomic E-state index is 11.5. The molecule has 1 aliphatic rings. The van der Waals surface area contributed by atoms with Gasteiger partial charge in [-0.1, -0.05) is 0 Å². The number of esters is 1. The van der Waals surface area contributed by atoms with Crippen molar-refractivity contribution in [2.24, 2.45) is 5.92 Å². The molecule has 88 valence electrons. The Balaban J connectivity index is 2.19. The molecule has 0 spiro atoms. The van der Waals surface area contributed by atoms with Crippen molar-refractivity contribution in [3.63, 3.8) is 0 Å². The number of carbonyl (C=O) groups excluding carboxylic acids is 1. The van der Waals surface area contributed by atoms with Gasteiger partial charge >= 0.3 is 5.97 Å². The number of nitrogens with zero attached hydrogens (tertiary/aromatic N) is 1. The average molecular weight is 213 g/mol. The number of likely N-dealkylation sites (tertiary alicyclic amines) is 1. The van der Waals surface area contributed by atoms with Gasteiger partial charge < -0.3 is 9.64 Å². The highest BCUT2D eigenvalue weighted by Gasteiger charge is 2.31. The van der Waals surface area contributed by atoms with Gasteiger partial charge in [0.25, 0.3) is 0 Å². The minimum atomic E-state index is -0.349. The number of carbonyl (C=O) groups is 1. The van der Waals surface area contributed by atoms with Crippen LogP contribution in [0.1, 0.15) is 41.0 Å². The van der Waals surface area contributed by atoms with Gasteiger partial charge in [0.1, 0.15) is 5.60 Å². The molecule has 0 unspecified atom stereocenters. The highest BCUT2D eigenvalue weighted by Crippen LogP contribution is 2.22. The summed E-state index contributed by atoms with van der Waals surface area (Å²) in [4.78, 5) is 13.9. The van der Waals surface area contributed by atoms with E-state index in [4.69, 9.17) is 4.74 Å². The van der Waals surface area contributed by atoms with Crippen LogP contribution in [0.4, 0.5) is 0 Å². The molecule has 0 radical (unpaired) electrons. The van der Waals surface area contributed by atoms with Crippen molar-refractivity contribution in [3.05, 3.63) is 0 Å². The van der Waals surface area contributed by atoms with E-state index in [-0.39, 0.29) is 11.6 Å². The van der Waals surface area contributed by atoms with E-state index in [1.54, 1.807) is 0 Å². The molecule has 0 aromatic rings. The van der Waals surface area contributed by atoms with Crippen molar-refractivity contribution in [3.8, 4) is 0 Å². The number of hydrogen-bond acceptors (Lipinski definition) is 3. The number of ether oxygens (including phenoxy) is 1. The molecule has 0 saturated carbocycles. The van der Waals surface area contributed by atoms with Gasteiger partial charge in [-0.3, -0.25) is 4.79 Å². The lowest BCUT2D eigenvalue weighted by atomic mass is 9.95. The zero-order valence-corrected chi connectivity index (χ0v) is 10.5. The second kappa shape index (κ2) is 4.52. The summed E-state index contributed by atoms with van der Waals surface area (Å²) in [5.74, 6) is 0.443. The van der Waals surface area contributed by atoms with E-state index in [9.17, 15) is 4.79 Å². The molecule has 3 nitrogen and oxygen atoms in total. The molecule has 1 saturated heterocycles. The number of hydrogen-bond donors (Lipinski definition) is 0. The van der Waals surface area contributed by atoms with Crippen molar-refractivity contribution >= 4 is 5.97 Å². The van der Waals surface area contributed by atoms with Gasteiger partial charge in [0.2, 0.25) is 0 Å². The topological polar surface area (TPSA) is 29.5 Å². The molecule has 0 aliphatic carbocycles. The SMILES string of the molecule is CC(C)N1CC(CC(=O)OC(C)(C)C)C1. The average Bonchev–Trinajstić information content (AvgIpc) is 1.91. The third kappa shape index (κ3) is 4.20. The predicted octanol–water partition coefficient (Wildman–Crippen LogP) is 2.06. The Morgan fingerprint density at radius 3 is 2.33 bits per heavy atom. The molecule has 0 bridgehead atoms. The standard InChI is InChI=1S/C12H23NO2/c1-9(2)13-7-10(8-13)6-11(14)15-12(3,4)5/h9-10H,6-8H2,1-5H3. The van der Waals surface area contributed by atoms with Gasteiger partial charge in [0.05, 0.1) is 6.42 Å². The van der Waals surface area contributed by atoms with Crippen LogP contribution >= 0.6 is 0 Å². The Kier molecular flexibility index (Phi) is 3.77. The summed E-state index contributed by atoms with van der Waals surface area (Å²) in [6.45, 7) is 12.2. The first-order valence-corrected chi connectivity index (χ1v) is 5.74. The minimum Gasteiger partial charge on any atom is -0.460 e. The van der Waals surface area contributed by atoms with Gasteiger partial charge in [0.15, 0.2) is 0 Å². The molecule has 1 rings (SSSR count). The summed E-state index contributed by atoms with van der Waals surface area (Å²) < 4.78 is 5.28. The van der Waals surface area contributed by atoms with E-state index in [0.29, 0.717) is 18.4 Å². The monoisotopic (exact) mass is 213 g/mol. The van der Waals surface area contributed by atoms with Crippen LogP contribution in [0.25, 0.3) is 0 Å². The van der Waals surface area contributed by atoms with Crippen LogP contribution < -0.4 is 0 Å². The van der Waals surface area contributed by atoms with Crippen molar-refractivity contribution in [2.45, 2.75) is 52.7 Å². The van der Waals surface area contributed by atoms with Gasteiger partial charge in [-0.25, -0.2) is 0 Å². The second-order valence-electron chi connectivity index (χ2n) is 5.70. The summed E-state index contributed by atoms with van der Waals surface area (Å²) >= 11 is 0. The van der Waals surface area contributed by atoms with Crippen LogP contribution in [-0.4, -0.2) is 35.6 Å². The zero-order chi connectivity index (χ0) is 11.6. The van der Waals surface area contributed by atoms with Gasteiger partial charge in [-0.15, -0.1) is 0 Å². The summed E-state index contributed by atoms with van der Waals surface area (Å²) in [5, 5.41) is 0. The van der Waals surface area contributed by atoms with Crippen LogP contribution in [0.5, 0.6) is 0 Å². The quantitative estimate of drug-likeness (QED) is 0.672. The smallest absolute Gasteiger partial charge is 0.306 e. The summed E-state index contributed by atoms with van der Waals surface area (Å²) in [7, 11) is 0. The Labute approximate surface area is 92.8 Å². The van der Waals surface area contributed by atoms with Crippen LogP contribution in [0.15, 0.2) is 0 Å². The summed E-state index contributed by atoms with van der Waals surface area (Å²) in [6, 6.07) is 0.597. The molecule has 0 amide bonds.